The molecule has 2 aliphatic rings. The molecule has 82 heavy (non-hydrogen) atoms. The van der Waals surface area contributed by atoms with Crippen molar-refractivity contribution in [1.29, 1.82) is 5.41 Å². The van der Waals surface area contributed by atoms with Crippen LogP contribution in [-0.4, -0.2) is 97.7 Å². The molecular formula is C56H56N13O11S2+. The SMILES string of the molecule is CN(CCCC(=O)NCc1ccc(COc2[nH+]c(N)nc3nc(CCCNC(=O)c4ccc(N=Nc5ccc(N(C)C)cc5)cc4)[nH]c23)cc1)C(=O)c1ccccc1-c1c2ccc(=N)c(S(=O)(=O)O)c-2oc2c(S(=O)(=O)O)c(N)ccc12. The fraction of sp³-hybridized carbons (Fsp3) is 0.196. The van der Waals surface area contributed by atoms with E-state index in [9.17, 15) is 40.3 Å². The largest absolute Gasteiger partial charge is 0.461 e. The van der Waals surface area contributed by atoms with E-state index >= 15 is 0 Å². The molecule has 11 N–H and O–H groups in total. The first-order valence-corrected chi connectivity index (χ1v) is 28.3. The van der Waals surface area contributed by atoms with E-state index in [-0.39, 0.29) is 77.9 Å². The molecule has 3 heterocycles. The summed E-state index contributed by atoms with van der Waals surface area (Å²) in [6.45, 7) is 0.913. The number of anilines is 3. The summed E-state index contributed by atoms with van der Waals surface area (Å²) in [7, 11) is -4.79. The molecule has 0 spiro atoms. The van der Waals surface area contributed by atoms with E-state index in [1.54, 1.807) is 36.4 Å². The number of rotatable bonds is 21. The number of nitrogens with zero attached hydrogens (tertiary/aromatic N) is 6. The van der Waals surface area contributed by atoms with Crippen LogP contribution in [-0.2, 0) is 44.6 Å². The summed E-state index contributed by atoms with van der Waals surface area (Å²) in [4.78, 5) is 56.7. The predicted molar refractivity (Wildman–Crippen MR) is 304 cm³/mol. The number of aromatic nitrogens is 4. The van der Waals surface area contributed by atoms with Gasteiger partial charge in [-0.1, -0.05) is 42.5 Å². The van der Waals surface area contributed by atoms with E-state index in [4.69, 9.17) is 26.0 Å². The van der Waals surface area contributed by atoms with Crippen LogP contribution in [0.1, 0.15) is 56.9 Å². The number of aryl methyl sites for hydroxylation is 1. The maximum atomic E-state index is 14.2. The molecule has 0 atom stereocenters. The van der Waals surface area contributed by atoms with Gasteiger partial charge in [-0.3, -0.25) is 34.6 Å². The molecular weight excluding hydrogens is 1090 g/mol. The van der Waals surface area contributed by atoms with Crippen molar-refractivity contribution in [1.82, 2.24) is 30.5 Å². The number of benzene rings is 6. The molecule has 1 aliphatic carbocycles. The van der Waals surface area contributed by atoms with Gasteiger partial charge in [0.1, 0.15) is 12.4 Å². The number of hydrogen-bond acceptors (Lipinski definition) is 17. The van der Waals surface area contributed by atoms with Gasteiger partial charge in [-0.25, -0.2) is 4.98 Å². The number of hydrogen-bond donors (Lipinski definition) is 8. The monoisotopic (exact) mass is 1150 g/mol. The Morgan fingerprint density at radius 2 is 1.45 bits per heavy atom. The lowest BCUT2D eigenvalue weighted by atomic mass is 9.90. The van der Waals surface area contributed by atoms with Gasteiger partial charge in [0.05, 0.1) is 22.4 Å². The summed E-state index contributed by atoms with van der Waals surface area (Å²) >= 11 is 0. The lowest BCUT2D eigenvalue weighted by molar-refractivity contribution is -0.380. The lowest BCUT2D eigenvalue weighted by Gasteiger charge is -2.22. The molecule has 5 aromatic carbocycles. The van der Waals surface area contributed by atoms with Gasteiger partial charge in [0.15, 0.2) is 26.7 Å². The van der Waals surface area contributed by atoms with Gasteiger partial charge >= 0.3 is 5.95 Å². The number of ether oxygens (including phenoxy) is 1. The van der Waals surface area contributed by atoms with Crippen LogP contribution < -0.4 is 42.1 Å². The molecule has 1 aliphatic heterocycles. The molecule has 7 aromatic rings. The first-order chi connectivity index (χ1) is 39.1. The summed E-state index contributed by atoms with van der Waals surface area (Å²) in [5, 5.41) is 22.0. The Bertz CT molecular complexity index is 4190. The molecule has 0 saturated heterocycles. The van der Waals surface area contributed by atoms with Gasteiger partial charge in [0.2, 0.25) is 5.91 Å². The normalized spacial score (nSPS) is 11.8. The Balaban J connectivity index is 0.754. The number of amides is 3. The number of imidazole rings is 1. The zero-order chi connectivity index (χ0) is 58.5. The van der Waals surface area contributed by atoms with E-state index in [1.807, 2.05) is 67.5 Å². The zero-order valence-electron chi connectivity index (χ0n) is 44.4. The van der Waals surface area contributed by atoms with Crippen molar-refractivity contribution in [3.05, 3.63) is 155 Å². The van der Waals surface area contributed by atoms with Gasteiger partial charge in [-0.2, -0.15) is 32.0 Å². The lowest BCUT2D eigenvalue weighted by Crippen LogP contribution is -2.30. The highest BCUT2D eigenvalue weighted by Crippen LogP contribution is 2.46. The van der Waals surface area contributed by atoms with Crippen molar-refractivity contribution in [3.63, 3.8) is 0 Å². The number of nitrogens with two attached hydrogens (primary N) is 2. The number of fused-ring (bicyclic) bond motifs is 3. The average molecular weight is 1150 g/mol. The van der Waals surface area contributed by atoms with Crippen LogP contribution in [0.2, 0.25) is 0 Å². The zero-order valence-corrected chi connectivity index (χ0v) is 46.1. The molecule has 26 heteroatoms. The number of nitrogens with one attached hydrogen (secondary N) is 5. The first kappa shape index (κ1) is 57.1. The van der Waals surface area contributed by atoms with E-state index in [0.29, 0.717) is 53.5 Å². The molecule has 422 valence electrons. The highest BCUT2D eigenvalue weighted by Gasteiger charge is 2.32. The maximum absolute atomic E-state index is 14.2. The second-order valence-corrected chi connectivity index (χ2v) is 21.9. The Morgan fingerprint density at radius 3 is 2.13 bits per heavy atom. The summed E-state index contributed by atoms with van der Waals surface area (Å²) in [6.07, 6.45) is 1.43. The van der Waals surface area contributed by atoms with Crippen molar-refractivity contribution in [2.24, 2.45) is 10.2 Å². The van der Waals surface area contributed by atoms with Crippen LogP contribution >= 0.6 is 0 Å². The van der Waals surface area contributed by atoms with Gasteiger partial charge in [0.25, 0.3) is 43.6 Å². The third-order valence-corrected chi connectivity index (χ3v) is 15.0. The molecule has 0 saturated carbocycles. The van der Waals surface area contributed by atoms with Crippen molar-refractivity contribution in [2.45, 2.75) is 48.6 Å². The van der Waals surface area contributed by atoms with Crippen molar-refractivity contribution in [2.75, 3.05) is 50.6 Å². The van der Waals surface area contributed by atoms with Gasteiger partial charge in [-0.05, 0) is 113 Å². The summed E-state index contributed by atoms with van der Waals surface area (Å²) < 4.78 is 82.8. The van der Waals surface area contributed by atoms with E-state index < -0.39 is 58.3 Å². The second-order valence-electron chi connectivity index (χ2n) is 19.2. The van der Waals surface area contributed by atoms with Crippen LogP contribution in [0.5, 0.6) is 5.88 Å². The van der Waals surface area contributed by atoms with Crippen LogP contribution in [0.15, 0.2) is 146 Å². The minimum Gasteiger partial charge on any atom is -0.461 e. The minimum atomic E-state index is -5.15. The summed E-state index contributed by atoms with van der Waals surface area (Å²) in [6, 6.07) is 33.2. The number of carbonyl (C=O) groups is 3. The quantitative estimate of drug-likeness (QED) is 0.0118. The van der Waals surface area contributed by atoms with Crippen LogP contribution in [0.25, 0.3) is 44.6 Å². The van der Waals surface area contributed by atoms with Crippen molar-refractivity contribution < 1.29 is 54.5 Å². The van der Waals surface area contributed by atoms with Gasteiger partial charge in [-0.15, -0.1) is 0 Å². The Hall–Kier alpha value is -9.63. The first-order valence-electron chi connectivity index (χ1n) is 25.4. The maximum Gasteiger partial charge on any atom is 0.392 e. The average Bonchev–Trinajstić information content (AvgIpc) is 1.61. The Morgan fingerprint density at radius 1 is 0.780 bits per heavy atom. The number of azo groups is 1. The van der Waals surface area contributed by atoms with E-state index in [1.165, 1.54) is 42.3 Å². The van der Waals surface area contributed by atoms with Crippen LogP contribution in [0, 0.1) is 5.41 Å². The van der Waals surface area contributed by atoms with Crippen LogP contribution in [0.4, 0.5) is 28.7 Å². The topological polar surface area (TPSA) is 369 Å². The number of carbonyl (C=O) groups excluding carboxylic acids is 3. The number of H-pyrrole nitrogens is 2. The molecule has 9 rings (SSSR count). The standard InChI is InChI=1S/C56H55N13O11S2/c1-68(2)37-22-20-36(21-23-37)67-66-35-18-16-34(17-19-35)53(71)60-28-6-10-44-62-47-52(63-44)64-56(59)65-54(47)79-31-33-14-12-32(13-15-33)30-61-45(70)11-7-29-69(3)55(72)39-9-5-4-8-38(39)46-40-24-26-42(57)50(81(73,74)75)48(40)80-49-41(46)25-27-43(58)51(49)82(76,77)78/h4-5,8-9,12-27,57H,6-7,10-11,28-31,58H2,1-3H3,(H,60,71)(H,61,70)(H,73,74,75)(H,76,77,78)(H3,59,62,63,64,65)/p+1. The van der Waals surface area contributed by atoms with Crippen molar-refractivity contribution in [3.8, 4) is 28.3 Å². The highest BCUT2D eigenvalue weighted by atomic mass is 32.2. The molecule has 2 aromatic heterocycles. The van der Waals surface area contributed by atoms with Crippen LogP contribution in [0.3, 0.4) is 0 Å². The fourth-order valence-corrected chi connectivity index (χ4v) is 10.5. The molecule has 3 amide bonds. The molecule has 0 radical (unpaired) electrons. The summed E-state index contributed by atoms with van der Waals surface area (Å²) in [5.41, 5.74) is 16.8. The van der Waals surface area contributed by atoms with Crippen molar-refractivity contribution >= 4 is 88.8 Å². The predicted octanol–water partition coefficient (Wildman–Crippen LogP) is 7.02. The third-order valence-electron chi connectivity index (χ3n) is 13.2. The third kappa shape index (κ3) is 13.0. The van der Waals surface area contributed by atoms with Gasteiger partial charge < -0.3 is 40.3 Å². The molecule has 0 bridgehead atoms. The highest BCUT2D eigenvalue weighted by molar-refractivity contribution is 7.86. The Labute approximate surface area is 469 Å². The van der Waals surface area contributed by atoms with E-state index in [2.05, 4.69) is 40.8 Å². The number of nitrogen functional groups attached to an aromatic ring is 2. The van der Waals surface area contributed by atoms with E-state index in [0.717, 1.165) is 28.6 Å². The molecule has 0 unspecified atom stereocenters. The Kier molecular flexibility index (Phi) is 16.7. The smallest absolute Gasteiger partial charge is 0.392 e. The summed E-state index contributed by atoms with van der Waals surface area (Å²) in [5.74, 6) is -0.537. The molecule has 0 fully saturated rings. The number of aromatic amines is 2. The second kappa shape index (κ2) is 24.0. The molecule has 24 nitrogen and oxygen atoms in total. The van der Waals surface area contributed by atoms with Gasteiger partial charge in [0, 0.05) is 86.9 Å². The fourth-order valence-electron chi connectivity index (χ4n) is 9.04. The minimum absolute atomic E-state index is 0.00724.